The van der Waals surface area contributed by atoms with Gasteiger partial charge >= 0.3 is 0 Å². The van der Waals surface area contributed by atoms with Gasteiger partial charge in [0.25, 0.3) is 0 Å². The standard InChI is InChI=1S/C8H11NO/c1-6(10)8-7-2-4-9(8)5-3-7/h2,8H,3-5H2,1H3. The van der Waals surface area contributed by atoms with Crippen LogP contribution in [0.5, 0.6) is 0 Å². The lowest BCUT2D eigenvalue weighted by Crippen LogP contribution is -2.31. The average molecular weight is 137 g/mol. The maximum absolute atomic E-state index is 11.0. The fraction of sp³-hybridized carbons (Fsp3) is 0.625. The lowest BCUT2D eigenvalue weighted by atomic mass is 10.1. The van der Waals surface area contributed by atoms with Gasteiger partial charge in [-0.05, 0) is 18.9 Å². The van der Waals surface area contributed by atoms with Crippen molar-refractivity contribution in [3.63, 3.8) is 0 Å². The Hall–Kier alpha value is -0.630. The van der Waals surface area contributed by atoms with Crippen LogP contribution in [-0.2, 0) is 4.79 Å². The second-order valence-electron chi connectivity index (χ2n) is 3.04. The van der Waals surface area contributed by atoms with Crippen molar-refractivity contribution in [2.75, 3.05) is 13.1 Å². The third kappa shape index (κ3) is 0.655. The summed E-state index contributed by atoms with van der Waals surface area (Å²) >= 11 is 0. The summed E-state index contributed by atoms with van der Waals surface area (Å²) in [5, 5.41) is 0. The lowest BCUT2D eigenvalue weighted by Gasteiger charge is -2.14. The summed E-state index contributed by atoms with van der Waals surface area (Å²) in [5.74, 6) is 0.307. The molecule has 2 nitrogen and oxygen atoms in total. The van der Waals surface area contributed by atoms with E-state index in [0.29, 0.717) is 5.78 Å². The summed E-state index contributed by atoms with van der Waals surface area (Å²) < 4.78 is 0. The van der Waals surface area contributed by atoms with Gasteiger partial charge in [0, 0.05) is 13.1 Å². The number of fused-ring (bicyclic) bond motifs is 2. The van der Waals surface area contributed by atoms with E-state index in [1.165, 1.54) is 5.57 Å². The van der Waals surface area contributed by atoms with Crippen molar-refractivity contribution in [2.24, 2.45) is 0 Å². The SMILES string of the molecule is CC(=O)C1C2=CCN1CC2. The minimum Gasteiger partial charge on any atom is -0.298 e. The highest BCUT2D eigenvalue weighted by molar-refractivity contribution is 5.86. The number of Topliss-reactive ketones (excluding diaryl/α,β-unsaturated/α-hetero) is 1. The van der Waals surface area contributed by atoms with Crippen LogP contribution in [0.2, 0.25) is 0 Å². The van der Waals surface area contributed by atoms with Crippen molar-refractivity contribution < 1.29 is 4.79 Å². The molecule has 1 saturated heterocycles. The molecular formula is C8H11NO. The first-order valence-corrected chi connectivity index (χ1v) is 3.72. The largest absolute Gasteiger partial charge is 0.298 e. The summed E-state index contributed by atoms with van der Waals surface area (Å²) in [6.45, 7) is 3.78. The summed E-state index contributed by atoms with van der Waals surface area (Å²) in [7, 11) is 0. The highest BCUT2D eigenvalue weighted by Crippen LogP contribution is 2.29. The molecule has 0 amide bonds. The molecule has 0 aromatic rings. The minimum absolute atomic E-state index is 0.167. The second-order valence-corrected chi connectivity index (χ2v) is 3.04. The third-order valence-electron chi connectivity index (χ3n) is 2.38. The van der Waals surface area contributed by atoms with Gasteiger partial charge in [-0.15, -0.1) is 0 Å². The molecule has 0 N–H and O–H groups in total. The Labute approximate surface area is 60.5 Å². The van der Waals surface area contributed by atoms with Gasteiger partial charge in [0.05, 0.1) is 6.04 Å². The van der Waals surface area contributed by atoms with Crippen molar-refractivity contribution in [2.45, 2.75) is 19.4 Å². The molecule has 0 aromatic carbocycles. The summed E-state index contributed by atoms with van der Waals surface area (Å²) in [6, 6.07) is 0.167. The number of nitrogens with zero attached hydrogens (tertiary/aromatic N) is 1. The fourth-order valence-electron chi connectivity index (χ4n) is 1.94. The van der Waals surface area contributed by atoms with Gasteiger partial charge in [0.2, 0.25) is 0 Å². The Bertz CT molecular complexity index is 207. The van der Waals surface area contributed by atoms with Gasteiger partial charge in [-0.2, -0.15) is 0 Å². The fourth-order valence-corrected chi connectivity index (χ4v) is 1.94. The van der Waals surface area contributed by atoms with E-state index in [1.54, 1.807) is 6.92 Å². The van der Waals surface area contributed by atoms with Crippen LogP contribution in [-0.4, -0.2) is 29.8 Å². The topological polar surface area (TPSA) is 20.3 Å². The minimum atomic E-state index is 0.167. The molecule has 2 atom stereocenters. The molecule has 2 unspecified atom stereocenters. The van der Waals surface area contributed by atoms with Crippen LogP contribution in [0, 0.1) is 0 Å². The van der Waals surface area contributed by atoms with E-state index in [0.717, 1.165) is 19.5 Å². The Morgan fingerprint density at radius 2 is 2.60 bits per heavy atom. The Morgan fingerprint density at radius 1 is 1.80 bits per heavy atom. The smallest absolute Gasteiger partial charge is 0.151 e. The van der Waals surface area contributed by atoms with E-state index in [4.69, 9.17) is 0 Å². The predicted molar refractivity (Wildman–Crippen MR) is 38.7 cm³/mol. The van der Waals surface area contributed by atoms with Crippen molar-refractivity contribution in [3.8, 4) is 0 Å². The maximum Gasteiger partial charge on any atom is 0.151 e. The van der Waals surface area contributed by atoms with E-state index < -0.39 is 0 Å². The molecule has 0 saturated carbocycles. The van der Waals surface area contributed by atoms with Crippen LogP contribution >= 0.6 is 0 Å². The monoisotopic (exact) mass is 137 g/mol. The molecule has 2 heterocycles. The Morgan fingerprint density at radius 3 is 2.80 bits per heavy atom. The first-order chi connectivity index (χ1) is 4.79. The number of hydrogen-bond acceptors (Lipinski definition) is 2. The third-order valence-corrected chi connectivity index (χ3v) is 2.38. The maximum atomic E-state index is 11.0. The Kier molecular flexibility index (Phi) is 1.17. The molecule has 1 fully saturated rings. The van der Waals surface area contributed by atoms with Crippen LogP contribution in [0.3, 0.4) is 0 Å². The van der Waals surface area contributed by atoms with E-state index in [9.17, 15) is 4.79 Å². The summed E-state index contributed by atoms with van der Waals surface area (Å²) in [5.41, 5.74) is 1.35. The number of carbonyl (C=O) groups is 1. The zero-order valence-electron chi connectivity index (χ0n) is 6.13. The van der Waals surface area contributed by atoms with Crippen LogP contribution in [0.15, 0.2) is 11.6 Å². The lowest BCUT2D eigenvalue weighted by molar-refractivity contribution is -0.119. The van der Waals surface area contributed by atoms with Crippen LogP contribution in [0.25, 0.3) is 0 Å². The first-order valence-electron chi connectivity index (χ1n) is 3.72. The van der Waals surface area contributed by atoms with Crippen molar-refractivity contribution >= 4 is 5.78 Å². The highest BCUT2D eigenvalue weighted by Gasteiger charge is 2.35. The van der Waals surface area contributed by atoms with E-state index in [1.807, 2.05) is 0 Å². The zero-order valence-corrected chi connectivity index (χ0v) is 6.13. The number of rotatable bonds is 1. The molecular weight excluding hydrogens is 126 g/mol. The van der Waals surface area contributed by atoms with E-state index in [-0.39, 0.29) is 6.04 Å². The Balaban J connectivity index is 2.26. The van der Waals surface area contributed by atoms with Crippen LogP contribution in [0.4, 0.5) is 0 Å². The zero-order chi connectivity index (χ0) is 7.14. The van der Waals surface area contributed by atoms with E-state index >= 15 is 0 Å². The van der Waals surface area contributed by atoms with Gasteiger partial charge < -0.3 is 0 Å². The molecule has 2 heteroatoms. The predicted octanol–water partition coefficient (Wildman–Crippen LogP) is 0.590. The van der Waals surface area contributed by atoms with Crippen molar-refractivity contribution in [3.05, 3.63) is 11.6 Å². The number of carbonyl (C=O) groups excluding carboxylic acids is 1. The normalized spacial score (nSPS) is 36.3. The molecule has 10 heavy (non-hydrogen) atoms. The number of hydrogen-bond donors (Lipinski definition) is 0. The van der Waals surface area contributed by atoms with Crippen molar-refractivity contribution in [1.29, 1.82) is 0 Å². The molecule has 0 aliphatic carbocycles. The van der Waals surface area contributed by atoms with E-state index in [2.05, 4.69) is 11.0 Å². The van der Waals surface area contributed by atoms with Gasteiger partial charge in [-0.25, -0.2) is 0 Å². The molecule has 0 aromatic heterocycles. The quantitative estimate of drug-likeness (QED) is 0.493. The first kappa shape index (κ1) is 6.10. The molecule has 0 spiro atoms. The number of ketones is 1. The average Bonchev–Trinajstić information content (AvgIpc) is 2.43. The summed E-state index contributed by atoms with van der Waals surface area (Å²) in [4.78, 5) is 13.3. The van der Waals surface area contributed by atoms with Gasteiger partial charge in [-0.1, -0.05) is 6.08 Å². The van der Waals surface area contributed by atoms with Gasteiger partial charge in [-0.3, -0.25) is 9.69 Å². The van der Waals surface area contributed by atoms with Gasteiger partial charge in [0.1, 0.15) is 0 Å². The van der Waals surface area contributed by atoms with Crippen molar-refractivity contribution in [1.82, 2.24) is 4.90 Å². The van der Waals surface area contributed by atoms with Gasteiger partial charge in [0.15, 0.2) is 5.78 Å². The molecule has 0 radical (unpaired) electrons. The molecule has 2 bridgehead atoms. The highest BCUT2D eigenvalue weighted by atomic mass is 16.1. The molecule has 2 rings (SSSR count). The van der Waals surface area contributed by atoms with Crippen LogP contribution in [0.1, 0.15) is 13.3 Å². The molecule has 54 valence electrons. The van der Waals surface area contributed by atoms with Crippen LogP contribution < -0.4 is 0 Å². The molecule has 2 aliphatic heterocycles. The molecule has 2 aliphatic rings. The summed E-state index contributed by atoms with van der Waals surface area (Å²) in [6.07, 6.45) is 3.31. The second kappa shape index (κ2) is 1.92.